The molecule has 1 heterocycles. The quantitative estimate of drug-likeness (QED) is 0.825. The van der Waals surface area contributed by atoms with Gasteiger partial charge in [-0.2, -0.15) is 5.10 Å². The van der Waals surface area contributed by atoms with Gasteiger partial charge in [0.1, 0.15) is 0 Å². The van der Waals surface area contributed by atoms with Gasteiger partial charge in [0.15, 0.2) is 0 Å². The molecule has 1 atom stereocenters. The van der Waals surface area contributed by atoms with Gasteiger partial charge in [0.2, 0.25) is 0 Å². The number of aryl methyl sites for hydroxylation is 2. The smallest absolute Gasteiger partial charge is 0.0745 e. The fraction of sp³-hybridized carbons (Fsp3) is 0.308. The molecule has 1 aromatic heterocycles. The summed E-state index contributed by atoms with van der Waals surface area (Å²) in [4.78, 5) is 0. The first-order valence-corrected chi connectivity index (χ1v) is 5.46. The van der Waals surface area contributed by atoms with Crippen LogP contribution in [0, 0.1) is 13.8 Å². The fourth-order valence-electron chi connectivity index (χ4n) is 2.06. The molecule has 1 aromatic carbocycles. The average molecular weight is 215 g/mol. The predicted molar refractivity (Wildman–Crippen MR) is 65.4 cm³/mol. The molecular formula is C13H17N3. The van der Waals surface area contributed by atoms with E-state index in [1.54, 1.807) is 6.20 Å². The predicted octanol–water partition coefficient (Wildman–Crippen LogP) is 2.34. The highest BCUT2D eigenvalue weighted by Gasteiger charge is 2.14. The number of hydrogen-bond donors (Lipinski definition) is 2. The third kappa shape index (κ3) is 1.99. The number of nitrogens with one attached hydrogen (secondary N) is 2. The number of benzene rings is 1. The second-order valence-corrected chi connectivity index (χ2v) is 4.09. The van der Waals surface area contributed by atoms with Gasteiger partial charge < -0.3 is 5.32 Å². The van der Waals surface area contributed by atoms with Gasteiger partial charge in [-0.3, -0.25) is 5.10 Å². The van der Waals surface area contributed by atoms with Crippen LogP contribution >= 0.6 is 0 Å². The van der Waals surface area contributed by atoms with E-state index in [1.165, 1.54) is 16.7 Å². The van der Waals surface area contributed by atoms with Crippen molar-refractivity contribution < 1.29 is 0 Å². The minimum atomic E-state index is 0.183. The molecular weight excluding hydrogens is 198 g/mol. The molecule has 0 aliphatic carbocycles. The first kappa shape index (κ1) is 10.9. The molecule has 16 heavy (non-hydrogen) atoms. The zero-order valence-electron chi connectivity index (χ0n) is 9.91. The van der Waals surface area contributed by atoms with E-state index < -0.39 is 0 Å². The third-order valence-electron chi connectivity index (χ3n) is 2.86. The summed E-state index contributed by atoms with van der Waals surface area (Å²) in [6, 6.07) is 8.70. The van der Waals surface area contributed by atoms with Crippen LogP contribution in [-0.2, 0) is 0 Å². The van der Waals surface area contributed by atoms with Crippen molar-refractivity contribution in [3.63, 3.8) is 0 Å². The molecule has 0 spiro atoms. The highest BCUT2D eigenvalue weighted by Crippen LogP contribution is 2.23. The van der Waals surface area contributed by atoms with E-state index >= 15 is 0 Å². The molecule has 0 radical (unpaired) electrons. The zero-order valence-corrected chi connectivity index (χ0v) is 9.91. The second kappa shape index (κ2) is 4.49. The first-order valence-electron chi connectivity index (χ1n) is 5.46. The molecule has 0 aliphatic heterocycles. The Hall–Kier alpha value is -1.61. The van der Waals surface area contributed by atoms with Crippen molar-refractivity contribution in [3.8, 4) is 0 Å². The van der Waals surface area contributed by atoms with Crippen molar-refractivity contribution in [3.05, 3.63) is 52.8 Å². The van der Waals surface area contributed by atoms with Gasteiger partial charge in [-0.1, -0.05) is 23.8 Å². The van der Waals surface area contributed by atoms with Crippen LogP contribution in [0.25, 0.3) is 0 Å². The Kier molecular flexibility index (Phi) is 3.06. The van der Waals surface area contributed by atoms with Crippen molar-refractivity contribution in [2.75, 3.05) is 7.05 Å². The number of hydrogen-bond acceptors (Lipinski definition) is 2. The highest BCUT2D eigenvalue weighted by molar-refractivity contribution is 5.36. The number of aromatic amines is 1. The van der Waals surface area contributed by atoms with Crippen LogP contribution in [0.15, 0.2) is 30.5 Å². The zero-order chi connectivity index (χ0) is 11.5. The summed E-state index contributed by atoms with van der Waals surface area (Å²) in [5.41, 5.74) is 4.97. The Morgan fingerprint density at radius 2 is 2.06 bits per heavy atom. The molecule has 1 unspecified atom stereocenters. The molecule has 0 fully saturated rings. The van der Waals surface area contributed by atoms with Gasteiger partial charge >= 0.3 is 0 Å². The van der Waals surface area contributed by atoms with Crippen LogP contribution in [0.2, 0.25) is 0 Å². The minimum Gasteiger partial charge on any atom is -0.308 e. The number of rotatable bonds is 3. The summed E-state index contributed by atoms with van der Waals surface area (Å²) in [5.74, 6) is 0. The molecule has 0 amide bonds. The Bertz CT molecular complexity index is 460. The van der Waals surface area contributed by atoms with Crippen LogP contribution < -0.4 is 5.32 Å². The highest BCUT2D eigenvalue weighted by atomic mass is 15.1. The summed E-state index contributed by atoms with van der Waals surface area (Å²) < 4.78 is 0. The fourth-order valence-corrected chi connectivity index (χ4v) is 2.06. The largest absolute Gasteiger partial charge is 0.308 e. The van der Waals surface area contributed by atoms with E-state index in [0.29, 0.717) is 0 Å². The molecule has 0 saturated heterocycles. The lowest BCUT2D eigenvalue weighted by molar-refractivity contribution is 0.664. The van der Waals surface area contributed by atoms with Crippen LogP contribution in [0.5, 0.6) is 0 Å². The molecule has 0 saturated carbocycles. The standard InChI is InChI=1S/C13H17N3/c1-9-4-5-11(10(2)8-9)13(14-3)12-6-7-15-16-12/h4-8,13-14H,1-3H3,(H,15,16). The van der Waals surface area contributed by atoms with Crippen LogP contribution in [0.1, 0.15) is 28.4 Å². The minimum absolute atomic E-state index is 0.183. The summed E-state index contributed by atoms with van der Waals surface area (Å²) in [6.45, 7) is 4.25. The average Bonchev–Trinajstić information content (AvgIpc) is 2.75. The summed E-state index contributed by atoms with van der Waals surface area (Å²) in [5, 5.41) is 10.3. The van der Waals surface area contributed by atoms with Gasteiger partial charge in [-0.25, -0.2) is 0 Å². The lowest BCUT2D eigenvalue weighted by atomic mass is 9.97. The lowest BCUT2D eigenvalue weighted by Gasteiger charge is -2.17. The molecule has 0 bridgehead atoms. The van der Waals surface area contributed by atoms with Crippen molar-refractivity contribution in [1.82, 2.24) is 15.5 Å². The summed E-state index contributed by atoms with van der Waals surface area (Å²) in [6.07, 6.45) is 1.78. The van der Waals surface area contributed by atoms with Gasteiger partial charge in [-0.15, -0.1) is 0 Å². The molecule has 2 N–H and O–H groups in total. The lowest BCUT2D eigenvalue weighted by Crippen LogP contribution is -2.19. The Labute approximate surface area is 95.9 Å². The van der Waals surface area contributed by atoms with Crippen molar-refractivity contribution in [2.24, 2.45) is 0 Å². The van der Waals surface area contributed by atoms with Gasteiger partial charge in [0, 0.05) is 6.20 Å². The maximum atomic E-state index is 4.00. The SMILES string of the molecule is CNC(c1ccn[nH]1)c1ccc(C)cc1C. The molecule has 2 aromatic rings. The van der Waals surface area contributed by atoms with E-state index in [-0.39, 0.29) is 6.04 Å². The van der Waals surface area contributed by atoms with Gasteiger partial charge in [-0.05, 0) is 38.1 Å². The molecule has 2 rings (SSSR count). The Balaban J connectivity index is 2.41. The third-order valence-corrected chi connectivity index (χ3v) is 2.86. The van der Waals surface area contributed by atoms with E-state index in [0.717, 1.165) is 5.69 Å². The molecule has 3 nitrogen and oxygen atoms in total. The summed E-state index contributed by atoms with van der Waals surface area (Å²) in [7, 11) is 1.96. The number of H-pyrrole nitrogens is 1. The Morgan fingerprint density at radius 1 is 1.25 bits per heavy atom. The Morgan fingerprint density at radius 3 is 2.62 bits per heavy atom. The van der Waals surface area contributed by atoms with Crippen LogP contribution in [-0.4, -0.2) is 17.2 Å². The number of nitrogens with zero attached hydrogens (tertiary/aromatic N) is 1. The van der Waals surface area contributed by atoms with Crippen LogP contribution in [0.4, 0.5) is 0 Å². The van der Waals surface area contributed by atoms with Crippen molar-refractivity contribution in [2.45, 2.75) is 19.9 Å². The van der Waals surface area contributed by atoms with Crippen molar-refractivity contribution in [1.29, 1.82) is 0 Å². The maximum absolute atomic E-state index is 4.00. The molecule has 0 aliphatic rings. The van der Waals surface area contributed by atoms with Crippen molar-refractivity contribution >= 4 is 0 Å². The topological polar surface area (TPSA) is 40.7 Å². The van der Waals surface area contributed by atoms with Crippen LogP contribution in [0.3, 0.4) is 0 Å². The monoisotopic (exact) mass is 215 g/mol. The first-order chi connectivity index (χ1) is 7.72. The molecule has 3 heteroatoms. The van der Waals surface area contributed by atoms with E-state index in [9.17, 15) is 0 Å². The van der Waals surface area contributed by atoms with E-state index in [1.807, 2.05) is 13.1 Å². The van der Waals surface area contributed by atoms with E-state index in [2.05, 4.69) is 47.6 Å². The van der Waals surface area contributed by atoms with E-state index in [4.69, 9.17) is 0 Å². The van der Waals surface area contributed by atoms with Gasteiger partial charge in [0.25, 0.3) is 0 Å². The number of aromatic nitrogens is 2. The van der Waals surface area contributed by atoms with Gasteiger partial charge in [0.05, 0.1) is 11.7 Å². The summed E-state index contributed by atoms with van der Waals surface area (Å²) >= 11 is 0. The maximum Gasteiger partial charge on any atom is 0.0745 e. The second-order valence-electron chi connectivity index (χ2n) is 4.09. The molecule has 84 valence electrons. The normalized spacial score (nSPS) is 12.7.